The van der Waals surface area contributed by atoms with Gasteiger partial charge in [0.1, 0.15) is 5.82 Å². The van der Waals surface area contributed by atoms with Gasteiger partial charge < -0.3 is 5.32 Å². The van der Waals surface area contributed by atoms with Crippen molar-refractivity contribution in [1.29, 1.82) is 0 Å². The van der Waals surface area contributed by atoms with Crippen LogP contribution < -0.4 is 5.32 Å². The molecule has 1 N–H and O–H groups in total. The van der Waals surface area contributed by atoms with Crippen molar-refractivity contribution >= 4 is 43.0 Å². The first-order valence-electron chi connectivity index (χ1n) is 7.73. The number of fused-ring (bicyclic) bond motifs is 1. The minimum atomic E-state index is -3.52. The van der Waals surface area contributed by atoms with Crippen LogP contribution in [-0.2, 0) is 10.0 Å². The van der Waals surface area contributed by atoms with Gasteiger partial charge >= 0.3 is 0 Å². The van der Waals surface area contributed by atoms with E-state index in [0.29, 0.717) is 26.2 Å². The first kappa shape index (κ1) is 18.5. The lowest BCUT2D eigenvalue weighted by Gasteiger charge is -2.12. The summed E-state index contributed by atoms with van der Waals surface area (Å²) >= 11 is 1.22. The van der Waals surface area contributed by atoms with Gasteiger partial charge in [0.25, 0.3) is 5.91 Å². The maximum Gasteiger partial charge on any atom is 0.266 e. The van der Waals surface area contributed by atoms with Crippen molar-refractivity contribution < 1.29 is 17.6 Å². The topological polar surface area (TPSA) is 66.5 Å². The molecule has 0 bridgehead atoms. The zero-order valence-electron chi connectivity index (χ0n) is 14.4. The number of aryl methyl sites for hydroxylation is 1. The van der Waals surface area contributed by atoms with E-state index >= 15 is 0 Å². The number of benzene rings is 2. The molecule has 3 aromatic rings. The third kappa shape index (κ3) is 3.23. The minimum absolute atomic E-state index is 0.139. The summed E-state index contributed by atoms with van der Waals surface area (Å²) in [5.41, 5.74) is 1.05. The Morgan fingerprint density at radius 1 is 1.12 bits per heavy atom. The number of hydrogen-bond donors (Lipinski definition) is 1. The third-order valence-electron chi connectivity index (χ3n) is 4.00. The molecule has 0 saturated carbocycles. The number of nitrogens with one attached hydrogen (secondary N) is 1. The minimum Gasteiger partial charge on any atom is -0.321 e. The van der Waals surface area contributed by atoms with Gasteiger partial charge in [-0.15, -0.1) is 11.3 Å². The average Bonchev–Trinajstić information content (AvgIpc) is 2.93. The van der Waals surface area contributed by atoms with Gasteiger partial charge in [-0.25, -0.2) is 17.1 Å². The molecule has 1 amide bonds. The molecule has 3 rings (SSSR count). The maximum absolute atomic E-state index is 14.0. The molecule has 2 aromatic carbocycles. The second-order valence-corrected chi connectivity index (χ2v) is 9.14. The molecule has 0 aliphatic carbocycles. The van der Waals surface area contributed by atoms with Crippen molar-refractivity contribution in [3.63, 3.8) is 0 Å². The van der Waals surface area contributed by atoms with E-state index in [0.717, 1.165) is 4.31 Å². The molecule has 0 fully saturated rings. The lowest BCUT2D eigenvalue weighted by atomic mass is 10.1. The predicted octanol–water partition coefficient (Wildman–Crippen LogP) is 3.85. The number of sulfonamides is 1. The Kier molecular flexibility index (Phi) is 4.83. The second-order valence-electron chi connectivity index (χ2n) is 5.94. The Morgan fingerprint density at radius 2 is 1.77 bits per heavy atom. The molecule has 0 spiro atoms. The van der Waals surface area contributed by atoms with Crippen LogP contribution in [0.5, 0.6) is 0 Å². The predicted molar refractivity (Wildman–Crippen MR) is 102 cm³/mol. The van der Waals surface area contributed by atoms with Crippen molar-refractivity contribution in [3.8, 4) is 0 Å². The lowest BCUT2D eigenvalue weighted by molar-refractivity contribution is 0.103. The molecule has 0 saturated heterocycles. The van der Waals surface area contributed by atoms with Gasteiger partial charge in [-0.3, -0.25) is 4.79 Å². The number of carbonyl (C=O) groups is 1. The molecule has 1 aromatic heterocycles. The summed E-state index contributed by atoms with van der Waals surface area (Å²) in [6.45, 7) is 1.71. The number of carbonyl (C=O) groups excluding carboxylic acids is 1. The Hall–Kier alpha value is -2.29. The van der Waals surface area contributed by atoms with Crippen molar-refractivity contribution in [2.75, 3.05) is 19.4 Å². The van der Waals surface area contributed by atoms with E-state index in [1.807, 2.05) is 0 Å². The first-order chi connectivity index (χ1) is 12.2. The van der Waals surface area contributed by atoms with Crippen molar-refractivity contribution in [2.24, 2.45) is 0 Å². The van der Waals surface area contributed by atoms with Gasteiger partial charge in [0, 0.05) is 29.9 Å². The summed E-state index contributed by atoms with van der Waals surface area (Å²) in [4.78, 5) is 13.1. The van der Waals surface area contributed by atoms with Gasteiger partial charge in [-0.05, 0) is 48.9 Å². The summed E-state index contributed by atoms with van der Waals surface area (Å²) in [5, 5.41) is 3.18. The Labute approximate surface area is 155 Å². The molecule has 0 radical (unpaired) electrons. The highest BCUT2D eigenvalue weighted by atomic mass is 32.2. The van der Waals surface area contributed by atoms with E-state index in [9.17, 15) is 17.6 Å². The molecule has 136 valence electrons. The van der Waals surface area contributed by atoms with Crippen molar-refractivity contribution in [2.45, 2.75) is 11.8 Å². The highest BCUT2D eigenvalue weighted by Crippen LogP contribution is 2.33. The van der Waals surface area contributed by atoms with E-state index in [1.165, 1.54) is 55.8 Å². The molecule has 26 heavy (non-hydrogen) atoms. The smallest absolute Gasteiger partial charge is 0.266 e. The van der Waals surface area contributed by atoms with E-state index in [4.69, 9.17) is 0 Å². The highest BCUT2D eigenvalue weighted by molar-refractivity contribution is 7.89. The molecule has 5 nitrogen and oxygen atoms in total. The third-order valence-corrected chi connectivity index (χ3v) is 7.09. The molecule has 8 heteroatoms. The quantitative estimate of drug-likeness (QED) is 0.733. The second kappa shape index (κ2) is 6.79. The Balaban J connectivity index is 1.87. The first-order valence-corrected chi connectivity index (χ1v) is 9.99. The van der Waals surface area contributed by atoms with Crippen molar-refractivity contribution in [3.05, 3.63) is 58.7 Å². The van der Waals surface area contributed by atoms with Gasteiger partial charge in [0.15, 0.2) is 0 Å². The van der Waals surface area contributed by atoms with Gasteiger partial charge in [0.2, 0.25) is 10.0 Å². The molecular formula is C18H17FN2O3S2. The number of halogens is 1. The summed E-state index contributed by atoms with van der Waals surface area (Å²) < 4.78 is 40.0. The van der Waals surface area contributed by atoms with Crippen LogP contribution in [0.15, 0.2) is 47.4 Å². The van der Waals surface area contributed by atoms with E-state index in [1.54, 1.807) is 19.1 Å². The zero-order chi connectivity index (χ0) is 19.1. The van der Waals surface area contributed by atoms with E-state index in [2.05, 4.69) is 5.32 Å². The van der Waals surface area contributed by atoms with Crippen LogP contribution in [0, 0.1) is 12.7 Å². The fourth-order valence-electron chi connectivity index (χ4n) is 2.58. The van der Waals surface area contributed by atoms with Crippen LogP contribution in [0.4, 0.5) is 10.1 Å². The molecule has 0 aliphatic heterocycles. The van der Waals surface area contributed by atoms with Crippen LogP contribution in [0.25, 0.3) is 10.1 Å². The molecular weight excluding hydrogens is 375 g/mol. The van der Waals surface area contributed by atoms with Crippen LogP contribution >= 0.6 is 11.3 Å². The molecule has 0 atom stereocenters. The average molecular weight is 392 g/mol. The zero-order valence-corrected chi connectivity index (χ0v) is 16.0. The molecule has 0 aliphatic rings. The number of thiophene rings is 1. The number of amides is 1. The largest absolute Gasteiger partial charge is 0.321 e. The summed E-state index contributed by atoms with van der Waals surface area (Å²) in [5.74, 6) is -0.708. The van der Waals surface area contributed by atoms with E-state index < -0.39 is 10.0 Å². The van der Waals surface area contributed by atoms with Crippen LogP contribution in [0.3, 0.4) is 0 Å². The van der Waals surface area contributed by atoms with Gasteiger partial charge in [-0.2, -0.15) is 0 Å². The van der Waals surface area contributed by atoms with Crippen LogP contribution in [0.2, 0.25) is 0 Å². The standard InChI is InChI=1S/C18H17FN2O3S2/c1-11-16-14(19)5-4-6-15(16)25-17(11)18(22)20-12-7-9-13(10-8-12)26(23,24)21(2)3/h4-10H,1-3H3,(H,20,22). The SMILES string of the molecule is Cc1c(C(=O)Nc2ccc(S(=O)(=O)N(C)C)cc2)sc2cccc(F)c12. The summed E-state index contributed by atoms with van der Waals surface area (Å²) in [7, 11) is -0.617. The van der Waals surface area contributed by atoms with Gasteiger partial charge in [0.05, 0.1) is 9.77 Å². The van der Waals surface area contributed by atoms with E-state index in [-0.39, 0.29) is 16.6 Å². The number of nitrogens with zero attached hydrogens (tertiary/aromatic N) is 1. The fourth-order valence-corrected chi connectivity index (χ4v) is 4.60. The Morgan fingerprint density at radius 3 is 2.35 bits per heavy atom. The normalized spacial score (nSPS) is 11.9. The summed E-state index contributed by atoms with van der Waals surface area (Å²) in [6, 6.07) is 10.7. The number of anilines is 1. The number of hydrogen-bond acceptors (Lipinski definition) is 4. The van der Waals surface area contributed by atoms with Crippen molar-refractivity contribution in [1.82, 2.24) is 4.31 Å². The van der Waals surface area contributed by atoms with Gasteiger partial charge in [-0.1, -0.05) is 6.07 Å². The van der Waals surface area contributed by atoms with Crippen LogP contribution in [-0.4, -0.2) is 32.7 Å². The molecule has 1 heterocycles. The number of rotatable bonds is 4. The monoisotopic (exact) mass is 392 g/mol. The van der Waals surface area contributed by atoms with Crippen LogP contribution in [0.1, 0.15) is 15.2 Å². The Bertz CT molecular complexity index is 1090. The lowest BCUT2D eigenvalue weighted by Crippen LogP contribution is -2.22. The maximum atomic E-state index is 14.0. The summed E-state index contributed by atoms with van der Waals surface area (Å²) in [6.07, 6.45) is 0. The highest BCUT2D eigenvalue weighted by Gasteiger charge is 2.19. The fraction of sp³-hybridized carbons (Fsp3) is 0.167. The molecule has 0 unspecified atom stereocenters.